The Labute approximate surface area is 167 Å². The fraction of sp³-hybridized carbons (Fsp3) is 0.611. The van der Waals surface area contributed by atoms with E-state index in [1.54, 1.807) is 6.20 Å². The van der Waals surface area contributed by atoms with E-state index in [1.807, 2.05) is 6.07 Å². The maximum atomic E-state index is 10.1. The normalized spacial score (nSPS) is 26.9. The lowest BCUT2D eigenvalue weighted by molar-refractivity contribution is -0.0135. The standard InChI is InChI=1S/C18H24ClN5O2S/c1-24-5-2-3-11(9-24)17-22-18(27-23-17)12-7-16(20-8-13(12)19)21-14-4-6-26-10-15(14)25/h7-8,11,14-15,25H,2-6,9-10H2,1H3,(H,20,21). The van der Waals surface area contributed by atoms with Gasteiger partial charge >= 0.3 is 0 Å². The second kappa shape index (κ2) is 8.36. The van der Waals surface area contributed by atoms with Crippen molar-refractivity contribution in [2.75, 3.05) is 38.7 Å². The number of hydrogen-bond donors (Lipinski definition) is 2. The summed E-state index contributed by atoms with van der Waals surface area (Å²) in [5.41, 5.74) is 0.823. The van der Waals surface area contributed by atoms with Gasteiger partial charge in [0.25, 0.3) is 0 Å². The fourth-order valence-electron chi connectivity index (χ4n) is 3.65. The molecule has 2 aromatic heterocycles. The number of likely N-dealkylation sites (N-methyl/N-ethyl adjacent to an activating group) is 1. The topological polar surface area (TPSA) is 83.4 Å². The molecular formula is C18H24ClN5O2S. The molecule has 4 rings (SSSR count). The first kappa shape index (κ1) is 19.0. The summed E-state index contributed by atoms with van der Waals surface area (Å²) in [7, 11) is 2.14. The van der Waals surface area contributed by atoms with Gasteiger partial charge in [0.05, 0.1) is 23.8 Å². The molecule has 0 spiro atoms. The van der Waals surface area contributed by atoms with Crippen LogP contribution in [0.15, 0.2) is 12.3 Å². The van der Waals surface area contributed by atoms with Crippen LogP contribution in [0.25, 0.3) is 10.6 Å². The minimum absolute atomic E-state index is 0.0805. The quantitative estimate of drug-likeness (QED) is 0.802. The predicted molar refractivity (Wildman–Crippen MR) is 106 cm³/mol. The van der Waals surface area contributed by atoms with Crippen LogP contribution in [0.2, 0.25) is 5.02 Å². The Kier molecular flexibility index (Phi) is 5.89. The highest BCUT2D eigenvalue weighted by molar-refractivity contribution is 7.09. The van der Waals surface area contributed by atoms with E-state index >= 15 is 0 Å². The molecule has 0 aromatic carbocycles. The van der Waals surface area contributed by atoms with E-state index in [1.165, 1.54) is 18.0 Å². The maximum absolute atomic E-state index is 10.1. The van der Waals surface area contributed by atoms with Crippen LogP contribution >= 0.6 is 23.1 Å². The highest BCUT2D eigenvalue weighted by Gasteiger charge is 2.25. The van der Waals surface area contributed by atoms with Gasteiger partial charge in [-0.1, -0.05) is 11.6 Å². The number of nitrogens with one attached hydrogen (secondary N) is 1. The van der Waals surface area contributed by atoms with Crippen molar-refractivity contribution in [2.24, 2.45) is 0 Å². The summed E-state index contributed by atoms with van der Waals surface area (Å²) in [6.07, 6.45) is 4.11. The lowest BCUT2D eigenvalue weighted by Crippen LogP contribution is -2.42. The highest BCUT2D eigenvalue weighted by atomic mass is 35.5. The number of aromatic nitrogens is 3. The van der Waals surface area contributed by atoms with Gasteiger partial charge in [0, 0.05) is 30.8 Å². The van der Waals surface area contributed by atoms with Crippen molar-refractivity contribution >= 4 is 29.0 Å². The Hall–Kier alpha value is -1.32. The highest BCUT2D eigenvalue weighted by Crippen LogP contribution is 2.33. The van der Waals surface area contributed by atoms with Crippen molar-refractivity contribution in [3.63, 3.8) is 0 Å². The zero-order valence-electron chi connectivity index (χ0n) is 15.3. The average Bonchev–Trinajstić information content (AvgIpc) is 3.15. The third-order valence-corrected chi connectivity index (χ3v) is 6.24. The number of hydrogen-bond acceptors (Lipinski definition) is 8. The molecule has 0 saturated carbocycles. The summed E-state index contributed by atoms with van der Waals surface area (Å²) >= 11 is 7.77. The van der Waals surface area contributed by atoms with Gasteiger partial charge in [-0.15, -0.1) is 0 Å². The zero-order valence-corrected chi connectivity index (χ0v) is 16.8. The van der Waals surface area contributed by atoms with Gasteiger partial charge in [0.15, 0.2) is 0 Å². The molecule has 0 radical (unpaired) electrons. The number of aliphatic hydroxyl groups is 1. The number of piperidine rings is 1. The van der Waals surface area contributed by atoms with E-state index in [0.717, 1.165) is 42.3 Å². The monoisotopic (exact) mass is 409 g/mol. The van der Waals surface area contributed by atoms with E-state index < -0.39 is 6.10 Å². The summed E-state index contributed by atoms with van der Waals surface area (Å²) in [5.74, 6) is 1.96. The Morgan fingerprint density at radius 2 is 2.30 bits per heavy atom. The minimum atomic E-state index is -0.545. The smallest absolute Gasteiger partial charge is 0.147 e. The van der Waals surface area contributed by atoms with Gasteiger partial charge in [0.2, 0.25) is 0 Å². The molecule has 2 aliphatic rings. The molecule has 3 atom stereocenters. The molecule has 4 heterocycles. The van der Waals surface area contributed by atoms with Crippen LogP contribution in [0.1, 0.15) is 31.0 Å². The first-order valence-corrected chi connectivity index (χ1v) is 10.5. The van der Waals surface area contributed by atoms with Crippen molar-refractivity contribution in [3.8, 4) is 10.6 Å². The van der Waals surface area contributed by atoms with Crippen molar-refractivity contribution in [1.29, 1.82) is 0 Å². The van der Waals surface area contributed by atoms with Crippen LogP contribution < -0.4 is 5.32 Å². The molecule has 2 N–H and O–H groups in total. The first-order chi connectivity index (χ1) is 13.1. The van der Waals surface area contributed by atoms with Gasteiger partial charge in [-0.05, 0) is 50.5 Å². The largest absolute Gasteiger partial charge is 0.389 e. The molecule has 2 aliphatic heterocycles. The average molecular weight is 410 g/mol. The predicted octanol–water partition coefficient (Wildman–Crippen LogP) is 2.62. The van der Waals surface area contributed by atoms with E-state index in [9.17, 15) is 5.11 Å². The van der Waals surface area contributed by atoms with Crippen LogP contribution in [0.4, 0.5) is 5.82 Å². The molecule has 9 heteroatoms. The molecule has 3 unspecified atom stereocenters. The number of likely N-dealkylation sites (tertiary alicyclic amines) is 1. The lowest BCUT2D eigenvalue weighted by atomic mass is 9.98. The summed E-state index contributed by atoms with van der Waals surface area (Å²) < 4.78 is 9.88. The fourth-order valence-corrected chi connectivity index (χ4v) is 4.67. The Bertz CT molecular complexity index is 789. The molecule has 2 aromatic rings. The SMILES string of the molecule is CN1CCCC(c2nsc(-c3cc(NC4CCOCC4O)ncc3Cl)n2)C1. The van der Waals surface area contributed by atoms with E-state index in [0.29, 0.717) is 30.0 Å². The Morgan fingerprint density at radius 1 is 1.41 bits per heavy atom. The first-order valence-electron chi connectivity index (χ1n) is 9.30. The van der Waals surface area contributed by atoms with Gasteiger partial charge in [0.1, 0.15) is 16.6 Å². The van der Waals surface area contributed by atoms with Crippen molar-refractivity contribution in [3.05, 3.63) is 23.1 Å². The third kappa shape index (κ3) is 4.41. The molecule has 146 valence electrons. The van der Waals surface area contributed by atoms with E-state index in [2.05, 4.69) is 26.6 Å². The second-order valence-corrected chi connectivity index (χ2v) is 8.45. The number of pyridine rings is 1. The molecule has 0 amide bonds. The van der Waals surface area contributed by atoms with Crippen LogP contribution in [-0.4, -0.2) is 69.8 Å². The van der Waals surface area contributed by atoms with Gasteiger partial charge < -0.3 is 20.1 Å². The van der Waals surface area contributed by atoms with E-state index in [-0.39, 0.29) is 6.04 Å². The molecule has 0 aliphatic carbocycles. The summed E-state index contributed by atoms with van der Waals surface area (Å²) in [4.78, 5) is 11.5. The number of ether oxygens (including phenoxy) is 1. The van der Waals surface area contributed by atoms with Gasteiger partial charge in [-0.2, -0.15) is 4.37 Å². The molecule has 7 nitrogen and oxygen atoms in total. The lowest BCUT2D eigenvalue weighted by Gasteiger charge is -2.28. The van der Waals surface area contributed by atoms with Gasteiger partial charge in [-0.25, -0.2) is 9.97 Å². The minimum Gasteiger partial charge on any atom is -0.389 e. The molecular weight excluding hydrogens is 386 g/mol. The van der Waals surface area contributed by atoms with Crippen molar-refractivity contribution in [2.45, 2.75) is 37.3 Å². The maximum Gasteiger partial charge on any atom is 0.147 e. The third-order valence-electron chi connectivity index (χ3n) is 5.18. The van der Waals surface area contributed by atoms with Crippen LogP contribution in [-0.2, 0) is 4.74 Å². The second-order valence-electron chi connectivity index (χ2n) is 7.29. The molecule has 2 saturated heterocycles. The molecule has 0 bridgehead atoms. The number of halogens is 1. The van der Waals surface area contributed by atoms with E-state index in [4.69, 9.17) is 21.3 Å². The molecule has 27 heavy (non-hydrogen) atoms. The Morgan fingerprint density at radius 3 is 3.11 bits per heavy atom. The number of anilines is 1. The summed E-state index contributed by atoms with van der Waals surface area (Å²) in [6.45, 7) is 3.10. The zero-order chi connectivity index (χ0) is 18.8. The van der Waals surface area contributed by atoms with Crippen LogP contribution in [0.5, 0.6) is 0 Å². The number of rotatable bonds is 4. The van der Waals surface area contributed by atoms with Crippen LogP contribution in [0, 0.1) is 0 Å². The van der Waals surface area contributed by atoms with Crippen LogP contribution in [0.3, 0.4) is 0 Å². The van der Waals surface area contributed by atoms with Gasteiger partial charge in [-0.3, -0.25) is 0 Å². The summed E-state index contributed by atoms with van der Waals surface area (Å²) in [5, 5.41) is 14.7. The summed E-state index contributed by atoms with van der Waals surface area (Å²) in [6, 6.07) is 1.81. The Balaban J connectivity index is 1.53. The number of nitrogens with zero attached hydrogens (tertiary/aromatic N) is 4. The van der Waals surface area contributed by atoms with Crippen molar-refractivity contribution < 1.29 is 9.84 Å². The number of aliphatic hydroxyl groups excluding tert-OH is 1. The molecule has 2 fully saturated rings. The van der Waals surface area contributed by atoms with Crippen molar-refractivity contribution in [1.82, 2.24) is 19.2 Å².